The van der Waals surface area contributed by atoms with E-state index in [1.807, 2.05) is 18.2 Å². The van der Waals surface area contributed by atoms with E-state index < -0.39 is 0 Å². The Balaban J connectivity index is 1.46. The van der Waals surface area contributed by atoms with Gasteiger partial charge in [-0.05, 0) is 60.7 Å². The zero-order valence-corrected chi connectivity index (χ0v) is 17.9. The predicted octanol–water partition coefficient (Wildman–Crippen LogP) is 3.56. The molecule has 156 valence electrons. The summed E-state index contributed by atoms with van der Waals surface area (Å²) in [5.74, 6) is 0.0624. The number of hydrogen-bond donors (Lipinski definition) is 2. The molecule has 5 heteroatoms. The number of amides is 1. The molecule has 0 saturated carbocycles. The zero-order valence-electron chi connectivity index (χ0n) is 17.9. The van der Waals surface area contributed by atoms with Gasteiger partial charge in [-0.3, -0.25) is 9.69 Å². The highest BCUT2D eigenvalue weighted by Gasteiger charge is 2.12. The summed E-state index contributed by atoms with van der Waals surface area (Å²) in [5, 5.41) is 6.55. The molecule has 1 saturated heterocycles. The standard InChI is InChI=1S/C24H33N3O2/c1-18-13-20(3)22(14-19(18)2)17-25-16-21-5-4-6-23(15-21)26-24(28)7-8-27-9-11-29-12-10-27/h4-6,13-15,25H,7-12,16-17H2,1-3H3,(H,26,28). The molecule has 1 fully saturated rings. The molecule has 1 aliphatic rings. The number of benzene rings is 2. The average Bonchev–Trinajstić information content (AvgIpc) is 2.71. The van der Waals surface area contributed by atoms with Gasteiger partial charge in [0.2, 0.25) is 5.91 Å². The second-order valence-electron chi connectivity index (χ2n) is 7.92. The largest absolute Gasteiger partial charge is 0.379 e. The van der Waals surface area contributed by atoms with Gasteiger partial charge in [0.05, 0.1) is 13.2 Å². The van der Waals surface area contributed by atoms with Gasteiger partial charge in [0, 0.05) is 44.8 Å². The third-order valence-corrected chi connectivity index (χ3v) is 5.57. The molecule has 0 radical (unpaired) electrons. The molecule has 3 rings (SSSR count). The van der Waals surface area contributed by atoms with Crippen LogP contribution in [-0.4, -0.2) is 43.7 Å². The van der Waals surface area contributed by atoms with Crippen molar-refractivity contribution in [1.29, 1.82) is 0 Å². The van der Waals surface area contributed by atoms with Gasteiger partial charge >= 0.3 is 0 Å². The molecule has 0 unspecified atom stereocenters. The number of carbonyl (C=O) groups excluding carboxylic acids is 1. The third kappa shape index (κ3) is 6.67. The smallest absolute Gasteiger partial charge is 0.225 e. The molecule has 0 atom stereocenters. The van der Waals surface area contributed by atoms with Gasteiger partial charge in [-0.15, -0.1) is 0 Å². The summed E-state index contributed by atoms with van der Waals surface area (Å²) in [6.45, 7) is 12.2. The third-order valence-electron chi connectivity index (χ3n) is 5.57. The summed E-state index contributed by atoms with van der Waals surface area (Å²) < 4.78 is 5.35. The summed E-state index contributed by atoms with van der Waals surface area (Å²) in [7, 11) is 0. The highest BCUT2D eigenvalue weighted by Crippen LogP contribution is 2.16. The fraction of sp³-hybridized carbons (Fsp3) is 0.458. The van der Waals surface area contributed by atoms with Gasteiger partial charge in [0.25, 0.3) is 0 Å². The van der Waals surface area contributed by atoms with Crippen LogP contribution in [0.15, 0.2) is 36.4 Å². The van der Waals surface area contributed by atoms with Gasteiger partial charge in [-0.2, -0.15) is 0 Å². The SMILES string of the molecule is Cc1cc(C)c(CNCc2cccc(NC(=O)CCN3CCOCC3)c2)cc1C. The molecule has 29 heavy (non-hydrogen) atoms. The quantitative estimate of drug-likeness (QED) is 0.718. The number of carbonyl (C=O) groups is 1. The maximum Gasteiger partial charge on any atom is 0.225 e. The lowest BCUT2D eigenvalue weighted by molar-refractivity contribution is -0.116. The van der Waals surface area contributed by atoms with Crippen molar-refractivity contribution in [3.63, 3.8) is 0 Å². The first kappa shape index (κ1) is 21.5. The second-order valence-corrected chi connectivity index (χ2v) is 7.92. The van der Waals surface area contributed by atoms with Crippen LogP contribution >= 0.6 is 0 Å². The van der Waals surface area contributed by atoms with Crippen molar-refractivity contribution < 1.29 is 9.53 Å². The molecule has 2 N–H and O–H groups in total. The van der Waals surface area contributed by atoms with E-state index in [4.69, 9.17) is 4.74 Å². The number of nitrogens with one attached hydrogen (secondary N) is 2. The topological polar surface area (TPSA) is 53.6 Å². The number of ether oxygens (including phenoxy) is 1. The van der Waals surface area contributed by atoms with Crippen molar-refractivity contribution in [2.24, 2.45) is 0 Å². The minimum Gasteiger partial charge on any atom is -0.379 e. The van der Waals surface area contributed by atoms with Crippen LogP contribution in [0.3, 0.4) is 0 Å². The molecule has 0 spiro atoms. The summed E-state index contributed by atoms with van der Waals surface area (Å²) in [6, 6.07) is 12.6. The lowest BCUT2D eigenvalue weighted by Crippen LogP contribution is -2.38. The molecule has 1 heterocycles. The Morgan fingerprint density at radius 2 is 1.76 bits per heavy atom. The molecular weight excluding hydrogens is 362 g/mol. The minimum absolute atomic E-state index is 0.0624. The Morgan fingerprint density at radius 3 is 2.55 bits per heavy atom. The van der Waals surface area contributed by atoms with E-state index in [-0.39, 0.29) is 5.91 Å². The molecule has 0 bridgehead atoms. The van der Waals surface area contributed by atoms with Crippen LogP contribution < -0.4 is 10.6 Å². The van der Waals surface area contributed by atoms with Crippen LogP contribution in [0.1, 0.15) is 34.2 Å². The predicted molar refractivity (Wildman–Crippen MR) is 118 cm³/mol. The highest BCUT2D eigenvalue weighted by atomic mass is 16.5. The Morgan fingerprint density at radius 1 is 1.00 bits per heavy atom. The van der Waals surface area contributed by atoms with E-state index in [1.54, 1.807) is 0 Å². The first-order chi connectivity index (χ1) is 14.0. The average molecular weight is 396 g/mol. The second kappa shape index (κ2) is 10.5. The maximum absolute atomic E-state index is 12.3. The Bertz CT molecular complexity index is 829. The summed E-state index contributed by atoms with van der Waals surface area (Å²) in [6.07, 6.45) is 0.508. The van der Waals surface area contributed by atoms with Crippen molar-refractivity contribution in [3.8, 4) is 0 Å². The van der Waals surface area contributed by atoms with E-state index >= 15 is 0 Å². The maximum atomic E-state index is 12.3. The van der Waals surface area contributed by atoms with Crippen molar-refractivity contribution in [2.75, 3.05) is 38.2 Å². The van der Waals surface area contributed by atoms with Crippen molar-refractivity contribution in [2.45, 2.75) is 40.3 Å². The number of anilines is 1. The Hall–Kier alpha value is -2.21. The molecule has 1 amide bonds. The summed E-state index contributed by atoms with van der Waals surface area (Å²) >= 11 is 0. The van der Waals surface area contributed by atoms with Crippen molar-refractivity contribution >= 4 is 11.6 Å². The van der Waals surface area contributed by atoms with Crippen LogP contribution in [0.4, 0.5) is 5.69 Å². The van der Waals surface area contributed by atoms with Gasteiger partial charge in [-0.1, -0.05) is 24.3 Å². The molecule has 5 nitrogen and oxygen atoms in total. The summed E-state index contributed by atoms with van der Waals surface area (Å²) in [4.78, 5) is 14.6. The van der Waals surface area contributed by atoms with Gasteiger partial charge in [0.15, 0.2) is 0 Å². The fourth-order valence-corrected chi connectivity index (χ4v) is 3.62. The molecule has 2 aromatic carbocycles. The monoisotopic (exact) mass is 395 g/mol. The Labute approximate surface area is 174 Å². The van der Waals surface area contributed by atoms with Crippen LogP contribution in [0.2, 0.25) is 0 Å². The minimum atomic E-state index is 0.0624. The van der Waals surface area contributed by atoms with Crippen molar-refractivity contribution in [3.05, 3.63) is 64.2 Å². The van der Waals surface area contributed by atoms with E-state index in [9.17, 15) is 4.79 Å². The highest BCUT2D eigenvalue weighted by molar-refractivity contribution is 5.90. The van der Waals surface area contributed by atoms with Gasteiger partial charge < -0.3 is 15.4 Å². The van der Waals surface area contributed by atoms with E-state index in [0.29, 0.717) is 6.42 Å². The van der Waals surface area contributed by atoms with Crippen LogP contribution in [-0.2, 0) is 22.6 Å². The van der Waals surface area contributed by atoms with Gasteiger partial charge in [0.1, 0.15) is 0 Å². The van der Waals surface area contributed by atoms with E-state index in [1.165, 1.54) is 22.3 Å². The number of nitrogens with zero attached hydrogens (tertiary/aromatic N) is 1. The lowest BCUT2D eigenvalue weighted by Gasteiger charge is -2.26. The fourth-order valence-electron chi connectivity index (χ4n) is 3.62. The molecule has 1 aliphatic heterocycles. The molecule has 0 aliphatic carbocycles. The van der Waals surface area contributed by atoms with Crippen LogP contribution in [0, 0.1) is 20.8 Å². The Kier molecular flexibility index (Phi) is 7.81. The van der Waals surface area contributed by atoms with Crippen LogP contribution in [0.25, 0.3) is 0 Å². The number of morpholine rings is 1. The van der Waals surface area contributed by atoms with E-state index in [2.05, 4.69) is 54.5 Å². The van der Waals surface area contributed by atoms with E-state index in [0.717, 1.165) is 57.2 Å². The normalized spacial score (nSPS) is 14.7. The zero-order chi connectivity index (χ0) is 20.6. The summed E-state index contributed by atoms with van der Waals surface area (Å²) in [5.41, 5.74) is 7.34. The molecule has 2 aromatic rings. The first-order valence-electron chi connectivity index (χ1n) is 10.5. The number of rotatable bonds is 8. The lowest BCUT2D eigenvalue weighted by atomic mass is 10.0. The molecule has 0 aromatic heterocycles. The molecular formula is C24H33N3O2. The van der Waals surface area contributed by atoms with Gasteiger partial charge in [-0.25, -0.2) is 0 Å². The number of aryl methyl sites for hydroxylation is 3. The number of hydrogen-bond acceptors (Lipinski definition) is 4. The van der Waals surface area contributed by atoms with Crippen LogP contribution in [0.5, 0.6) is 0 Å². The first-order valence-corrected chi connectivity index (χ1v) is 10.5. The van der Waals surface area contributed by atoms with Crippen molar-refractivity contribution in [1.82, 2.24) is 10.2 Å².